The highest BCUT2D eigenvalue weighted by atomic mass is 31.2. The number of amides is 1. The van der Waals surface area contributed by atoms with E-state index in [1.54, 1.807) is 48.5 Å². The number of rotatable bonds is 10. The van der Waals surface area contributed by atoms with Gasteiger partial charge in [-0.15, -0.1) is 0 Å². The summed E-state index contributed by atoms with van der Waals surface area (Å²) in [6.07, 6.45) is 1.60. The number of nitrogens with one attached hydrogen (secondary N) is 2. The molecule has 0 saturated carbocycles. The maximum atomic E-state index is 14.4. The van der Waals surface area contributed by atoms with Crippen LogP contribution in [0.15, 0.2) is 91.0 Å². The standard InChI is InChI=1S/C27H31N2O5P/c30-27(32-21-23-10-4-1-5-11-23)29-26(20-22-16-18-28-19-17-22)35(31,33-24-12-6-2-7-13-24)34-25-14-8-3-9-15-25/h1-15,22,26,28H,16-21H2,(H,29,30). The van der Waals surface area contributed by atoms with Gasteiger partial charge in [0.2, 0.25) is 0 Å². The van der Waals surface area contributed by atoms with E-state index in [0.717, 1.165) is 31.5 Å². The van der Waals surface area contributed by atoms with Gasteiger partial charge in [-0.1, -0.05) is 66.7 Å². The van der Waals surface area contributed by atoms with Gasteiger partial charge >= 0.3 is 13.7 Å². The summed E-state index contributed by atoms with van der Waals surface area (Å²) in [5.41, 5.74) is 0.863. The number of alkyl carbamates (subject to hydrolysis) is 1. The van der Waals surface area contributed by atoms with E-state index < -0.39 is 19.5 Å². The van der Waals surface area contributed by atoms with E-state index in [0.29, 0.717) is 17.9 Å². The van der Waals surface area contributed by atoms with Crippen LogP contribution in [0.25, 0.3) is 0 Å². The number of hydrogen-bond acceptors (Lipinski definition) is 6. The second-order valence-electron chi connectivity index (χ2n) is 8.50. The lowest BCUT2D eigenvalue weighted by Crippen LogP contribution is -2.40. The molecule has 35 heavy (non-hydrogen) atoms. The molecule has 2 N–H and O–H groups in total. The Labute approximate surface area is 206 Å². The maximum absolute atomic E-state index is 14.4. The lowest BCUT2D eigenvalue weighted by molar-refractivity contribution is 0.135. The van der Waals surface area contributed by atoms with Crippen molar-refractivity contribution >= 4 is 13.7 Å². The first kappa shape index (κ1) is 24.8. The fourth-order valence-corrected chi connectivity index (χ4v) is 5.95. The van der Waals surface area contributed by atoms with Crippen LogP contribution < -0.4 is 19.7 Å². The number of para-hydroxylation sites is 2. The minimum absolute atomic E-state index is 0.107. The van der Waals surface area contributed by atoms with E-state index in [1.165, 1.54) is 0 Å². The summed E-state index contributed by atoms with van der Waals surface area (Å²) in [5, 5.41) is 6.16. The van der Waals surface area contributed by atoms with Crippen molar-refractivity contribution in [3.63, 3.8) is 0 Å². The number of carbonyl (C=O) groups excluding carboxylic acids is 1. The number of carbonyl (C=O) groups is 1. The molecular formula is C27H31N2O5P. The van der Waals surface area contributed by atoms with Crippen LogP contribution in [-0.2, 0) is 15.9 Å². The summed E-state index contributed by atoms with van der Waals surface area (Å²) in [7, 11) is -3.92. The summed E-state index contributed by atoms with van der Waals surface area (Å²) >= 11 is 0. The number of piperidine rings is 1. The van der Waals surface area contributed by atoms with Gasteiger partial charge in [0, 0.05) is 0 Å². The van der Waals surface area contributed by atoms with Crippen molar-refractivity contribution in [2.45, 2.75) is 31.7 Å². The lowest BCUT2D eigenvalue weighted by Gasteiger charge is -2.31. The van der Waals surface area contributed by atoms with Crippen LogP contribution >= 0.6 is 7.60 Å². The Balaban J connectivity index is 1.57. The molecule has 4 rings (SSSR count). The van der Waals surface area contributed by atoms with Gasteiger partial charge in [-0.25, -0.2) is 9.36 Å². The molecule has 0 bridgehead atoms. The zero-order valence-corrected chi connectivity index (χ0v) is 20.4. The first-order chi connectivity index (χ1) is 17.1. The number of hydrogen-bond donors (Lipinski definition) is 2. The monoisotopic (exact) mass is 494 g/mol. The second kappa shape index (κ2) is 12.4. The molecule has 1 aliphatic rings. The molecule has 0 spiro atoms. The third kappa shape index (κ3) is 7.61. The van der Waals surface area contributed by atoms with Crippen LogP contribution in [0.2, 0.25) is 0 Å². The van der Waals surface area contributed by atoms with Crippen LogP contribution in [0.4, 0.5) is 4.79 Å². The lowest BCUT2D eigenvalue weighted by atomic mass is 9.94. The Kier molecular flexibility index (Phi) is 8.82. The van der Waals surface area contributed by atoms with Crippen LogP contribution in [0.3, 0.4) is 0 Å². The molecule has 3 aromatic carbocycles. The Hall–Kier alpha value is -3.28. The number of ether oxygens (including phenoxy) is 1. The highest BCUT2D eigenvalue weighted by molar-refractivity contribution is 7.55. The fourth-order valence-electron chi connectivity index (χ4n) is 4.00. The molecule has 0 aliphatic carbocycles. The third-order valence-electron chi connectivity index (χ3n) is 5.85. The molecule has 1 fully saturated rings. The van der Waals surface area contributed by atoms with Crippen molar-refractivity contribution in [2.75, 3.05) is 13.1 Å². The maximum Gasteiger partial charge on any atom is 0.453 e. The smallest absolute Gasteiger partial charge is 0.445 e. The minimum Gasteiger partial charge on any atom is -0.445 e. The van der Waals surface area contributed by atoms with E-state index >= 15 is 0 Å². The molecule has 3 aromatic rings. The molecule has 1 saturated heterocycles. The van der Waals surface area contributed by atoms with E-state index in [1.807, 2.05) is 42.5 Å². The predicted molar refractivity (Wildman–Crippen MR) is 136 cm³/mol. The van der Waals surface area contributed by atoms with Gasteiger partial charge in [-0.3, -0.25) is 0 Å². The molecule has 0 radical (unpaired) electrons. The van der Waals surface area contributed by atoms with Gasteiger partial charge in [0.15, 0.2) is 5.78 Å². The third-order valence-corrected chi connectivity index (χ3v) is 7.88. The number of benzene rings is 3. The van der Waals surface area contributed by atoms with Crippen molar-refractivity contribution in [1.82, 2.24) is 10.6 Å². The average molecular weight is 495 g/mol. The topological polar surface area (TPSA) is 85.9 Å². The Bertz CT molecular complexity index is 1050. The van der Waals surface area contributed by atoms with Crippen LogP contribution in [0.5, 0.6) is 11.5 Å². The normalized spacial score (nSPS) is 15.1. The molecule has 1 aliphatic heterocycles. The van der Waals surface area contributed by atoms with E-state index in [9.17, 15) is 9.36 Å². The first-order valence-electron chi connectivity index (χ1n) is 11.9. The summed E-state index contributed by atoms with van der Waals surface area (Å²) in [6.45, 7) is 1.86. The van der Waals surface area contributed by atoms with Crippen molar-refractivity contribution in [1.29, 1.82) is 0 Å². The molecule has 8 heteroatoms. The molecule has 0 aromatic heterocycles. The zero-order valence-electron chi connectivity index (χ0n) is 19.5. The minimum atomic E-state index is -3.92. The van der Waals surface area contributed by atoms with Gasteiger partial charge in [0.25, 0.3) is 0 Å². The Morgan fingerprint density at radius 1 is 0.857 bits per heavy atom. The van der Waals surface area contributed by atoms with Crippen LogP contribution in [-0.4, -0.2) is 25.0 Å². The van der Waals surface area contributed by atoms with Gasteiger partial charge in [0.05, 0.1) is 0 Å². The van der Waals surface area contributed by atoms with Gasteiger partial charge in [-0.05, 0) is 68.1 Å². The second-order valence-corrected chi connectivity index (χ2v) is 10.6. The van der Waals surface area contributed by atoms with Gasteiger partial charge in [0.1, 0.15) is 18.1 Å². The van der Waals surface area contributed by atoms with Crippen molar-refractivity contribution in [2.24, 2.45) is 5.92 Å². The van der Waals surface area contributed by atoms with Gasteiger partial charge in [-0.2, -0.15) is 0 Å². The van der Waals surface area contributed by atoms with Crippen LogP contribution in [0.1, 0.15) is 24.8 Å². The highest BCUT2D eigenvalue weighted by Crippen LogP contribution is 2.54. The van der Waals surface area contributed by atoms with Crippen LogP contribution in [0, 0.1) is 5.92 Å². The fraction of sp³-hybridized carbons (Fsp3) is 0.296. The van der Waals surface area contributed by atoms with E-state index in [2.05, 4.69) is 10.6 Å². The van der Waals surface area contributed by atoms with Gasteiger partial charge < -0.3 is 24.4 Å². The van der Waals surface area contributed by atoms with Crippen molar-refractivity contribution in [3.05, 3.63) is 96.6 Å². The summed E-state index contributed by atoms with van der Waals surface area (Å²) in [4.78, 5) is 12.8. The Morgan fingerprint density at radius 3 is 1.91 bits per heavy atom. The summed E-state index contributed by atoms with van der Waals surface area (Å²) in [6, 6.07) is 27.2. The highest BCUT2D eigenvalue weighted by Gasteiger charge is 2.42. The van der Waals surface area contributed by atoms with E-state index in [-0.39, 0.29) is 12.5 Å². The van der Waals surface area contributed by atoms with Crippen molar-refractivity contribution < 1.29 is 23.1 Å². The van der Waals surface area contributed by atoms with Crippen molar-refractivity contribution in [3.8, 4) is 11.5 Å². The molecule has 7 nitrogen and oxygen atoms in total. The molecule has 1 unspecified atom stereocenters. The molecule has 1 heterocycles. The summed E-state index contributed by atoms with van der Waals surface area (Å²) in [5.74, 6) is 0.167. The zero-order chi connectivity index (χ0) is 24.3. The average Bonchev–Trinajstić information content (AvgIpc) is 2.89. The quantitative estimate of drug-likeness (QED) is 0.337. The summed E-state index contributed by atoms with van der Waals surface area (Å²) < 4.78 is 31.9. The van der Waals surface area contributed by atoms with E-state index in [4.69, 9.17) is 13.8 Å². The first-order valence-corrected chi connectivity index (χ1v) is 13.5. The largest absolute Gasteiger partial charge is 0.453 e. The molecule has 1 atom stereocenters. The molecule has 1 amide bonds. The SMILES string of the molecule is O=C(NC(CC1CCNCC1)P(=O)(Oc1ccccc1)Oc1ccccc1)OCc1ccccc1. The molecular weight excluding hydrogens is 463 g/mol. The molecule has 184 valence electrons. The predicted octanol–water partition coefficient (Wildman–Crippen LogP) is 5.98. The Morgan fingerprint density at radius 2 is 1.37 bits per heavy atom.